The summed E-state index contributed by atoms with van der Waals surface area (Å²) in [5, 5.41) is 0. The average Bonchev–Trinajstić information content (AvgIpc) is 2.90. The zero-order valence-corrected chi connectivity index (χ0v) is 14.7. The molecule has 5 nitrogen and oxygen atoms in total. The molecule has 0 aliphatic carbocycles. The van der Waals surface area contributed by atoms with Crippen molar-refractivity contribution in [1.82, 2.24) is 9.21 Å². The number of nitrogens with zero attached hydrogens (tertiary/aromatic N) is 2. The highest BCUT2D eigenvalue weighted by Gasteiger charge is 2.40. The molecule has 1 heterocycles. The Labute approximate surface area is 134 Å². The number of sulfonamides is 1. The van der Waals surface area contributed by atoms with Gasteiger partial charge in [-0.2, -0.15) is 4.31 Å². The van der Waals surface area contributed by atoms with Gasteiger partial charge in [0.2, 0.25) is 15.9 Å². The van der Waals surface area contributed by atoms with Crippen molar-refractivity contribution in [2.24, 2.45) is 0 Å². The number of benzene rings is 1. The molecular formula is C14H19BrN2O3S. The van der Waals surface area contributed by atoms with Crippen molar-refractivity contribution in [1.29, 1.82) is 0 Å². The van der Waals surface area contributed by atoms with Crippen LogP contribution in [0.4, 0.5) is 0 Å². The first-order valence-corrected chi connectivity index (χ1v) is 8.97. The first-order chi connectivity index (χ1) is 9.75. The SMILES string of the molecule is Cc1ccc(Br)cc1S(=O)(=O)N1CCC[C@@H]1C(=O)N(C)C. The quantitative estimate of drug-likeness (QED) is 0.812. The fraction of sp³-hybridized carbons (Fsp3) is 0.500. The van der Waals surface area contributed by atoms with Crippen LogP contribution in [0.3, 0.4) is 0 Å². The van der Waals surface area contributed by atoms with Gasteiger partial charge in [-0.05, 0) is 37.5 Å². The first kappa shape index (κ1) is 16.5. The van der Waals surface area contributed by atoms with Crippen molar-refractivity contribution in [2.45, 2.75) is 30.7 Å². The second-order valence-corrected chi connectivity index (χ2v) is 8.19. The molecule has 1 aromatic rings. The van der Waals surface area contributed by atoms with E-state index in [1.165, 1.54) is 9.21 Å². The molecule has 21 heavy (non-hydrogen) atoms. The normalized spacial score (nSPS) is 19.7. The highest BCUT2D eigenvalue weighted by atomic mass is 79.9. The maximum absolute atomic E-state index is 12.9. The summed E-state index contributed by atoms with van der Waals surface area (Å²) in [5.74, 6) is -0.163. The zero-order chi connectivity index (χ0) is 15.8. The lowest BCUT2D eigenvalue weighted by molar-refractivity contribution is -0.132. The minimum absolute atomic E-state index is 0.163. The standard InChI is InChI=1S/C14H19BrN2O3S/c1-10-6-7-11(15)9-13(10)21(19,20)17-8-4-5-12(17)14(18)16(2)3/h6-7,9,12H,4-5,8H2,1-3H3/t12-/m1/s1. The van der Waals surface area contributed by atoms with E-state index < -0.39 is 16.1 Å². The molecule has 1 aliphatic rings. The topological polar surface area (TPSA) is 57.7 Å². The number of aryl methyl sites for hydroxylation is 1. The molecule has 116 valence electrons. The number of rotatable bonds is 3. The zero-order valence-electron chi connectivity index (χ0n) is 12.3. The van der Waals surface area contributed by atoms with E-state index in [0.717, 1.165) is 0 Å². The number of hydrogen-bond acceptors (Lipinski definition) is 3. The highest BCUT2D eigenvalue weighted by molar-refractivity contribution is 9.10. The number of amides is 1. The van der Waals surface area contributed by atoms with Crippen molar-refractivity contribution < 1.29 is 13.2 Å². The Hall–Kier alpha value is -0.920. The molecule has 0 unspecified atom stereocenters. The molecule has 1 aromatic carbocycles. The molecule has 0 bridgehead atoms. The number of carbonyl (C=O) groups excluding carboxylic acids is 1. The molecule has 1 aliphatic heterocycles. The van der Waals surface area contributed by atoms with Crippen LogP contribution in [0.2, 0.25) is 0 Å². The van der Waals surface area contributed by atoms with Gasteiger partial charge in [-0.1, -0.05) is 22.0 Å². The Bertz CT molecular complexity index is 658. The molecule has 7 heteroatoms. The van der Waals surface area contributed by atoms with Crippen LogP contribution < -0.4 is 0 Å². The molecule has 0 saturated carbocycles. The summed E-state index contributed by atoms with van der Waals surface area (Å²) in [4.78, 5) is 13.9. The fourth-order valence-electron chi connectivity index (χ4n) is 2.55. The van der Waals surface area contributed by atoms with E-state index in [1.807, 2.05) is 0 Å². The van der Waals surface area contributed by atoms with Gasteiger partial charge in [-0.15, -0.1) is 0 Å². The molecular weight excluding hydrogens is 356 g/mol. The van der Waals surface area contributed by atoms with E-state index in [4.69, 9.17) is 0 Å². The Kier molecular flexibility index (Phi) is 4.75. The molecule has 0 radical (unpaired) electrons. The molecule has 2 rings (SSSR count). The van der Waals surface area contributed by atoms with Crippen LogP contribution >= 0.6 is 15.9 Å². The summed E-state index contributed by atoms with van der Waals surface area (Å²) >= 11 is 3.31. The maximum Gasteiger partial charge on any atom is 0.244 e. The van der Waals surface area contributed by atoms with Gasteiger partial charge >= 0.3 is 0 Å². The van der Waals surface area contributed by atoms with E-state index in [-0.39, 0.29) is 10.8 Å². The van der Waals surface area contributed by atoms with Crippen LogP contribution in [-0.2, 0) is 14.8 Å². The van der Waals surface area contributed by atoms with E-state index >= 15 is 0 Å². The monoisotopic (exact) mass is 374 g/mol. The van der Waals surface area contributed by atoms with E-state index in [0.29, 0.717) is 29.4 Å². The second-order valence-electron chi connectivity index (χ2n) is 5.42. The average molecular weight is 375 g/mol. The lowest BCUT2D eigenvalue weighted by atomic mass is 10.2. The van der Waals surface area contributed by atoms with Crippen molar-refractivity contribution in [3.8, 4) is 0 Å². The van der Waals surface area contributed by atoms with Crippen molar-refractivity contribution in [2.75, 3.05) is 20.6 Å². The maximum atomic E-state index is 12.9. The van der Waals surface area contributed by atoms with Gasteiger partial charge in [-0.3, -0.25) is 4.79 Å². The van der Waals surface area contributed by atoms with Gasteiger partial charge in [0, 0.05) is 25.1 Å². The number of halogens is 1. The molecule has 0 N–H and O–H groups in total. The number of carbonyl (C=O) groups is 1. The first-order valence-electron chi connectivity index (χ1n) is 6.74. The smallest absolute Gasteiger partial charge is 0.244 e. The Morgan fingerprint density at radius 3 is 2.67 bits per heavy atom. The predicted octanol–water partition coefficient (Wildman–Crippen LogP) is 2.00. The van der Waals surface area contributed by atoms with Crippen LogP contribution in [0.25, 0.3) is 0 Å². The summed E-state index contributed by atoms with van der Waals surface area (Å²) in [6.45, 7) is 2.15. The second kappa shape index (κ2) is 6.06. The van der Waals surface area contributed by atoms with Crippen molar-refractivity contribution >= 4 is 31.9 Å². The van der Waals surface area contributed by atoms with Crippen LogP contribution in [0.15, 0.2) is 27.6 Å². The lowest BCUT2D eigenvalue weighted by Crippen LogP contribution is -2.45. The van der Waals surface area contributed by atoms with E-state index in [2.05, 4.69) is 15.9 Å². The summed E-state index contributed by atoms with van der Waals surface area (Å²) in [6.07, 6.45) is 1.28. The van der Waals surface area contributed by atoms with Crippen LogP contribution in [0, 0.1) is 6.92 Å². The Balaban J connectivity index is 2.43. The number of hydrogen-bond donors (Lipinski definition) is 0. The molecule has 1 amide bonds. The molecule has 1 atom stereocenters. The van der Waals surface area contributed by atoms with E-state index in [9.17, 15) is 13.2 Å². The van der Waals surface area contributed by atoms with Gasteiger partial charge in [0.15, 0.2) is 0 Å². The van der Waals surface area contributed by atoms with Crippen molar-refractivity contribution in [3.05, 3.63) is 28.2 Å². The summed E-state index contributed by atoms with van der Waals surface area (Å²) < 4.78 is 27.8. The molecule has 0 spiro atoms. The van der Waals surface area contributed by atoms with Gasteiger partial charge in [0.25, 0.3) is 0 Å². The minimum Gasteiger partial charge on any atom is -0.347 e. The minimum atomic E-state index is -3.66. The fourth-order valence-corrected chi connectivity index (χ4v) is 4.97. The summed E-state index contributed by atoms with van der Waals surface area (Å²) in [5.41, 5.74) is 0.682. The predicted molar refractivity (Wildman–Crippen MR) is 84.5 cm³/mol. The summed E-state index contributed by atoms with van der Waals surface area (Å²) in [7, 11) is -0.367. The van der Waals surface area contributed by atoms with Crippen LogP contribution in [-0.4, -0.2) is 50.2 Å². The van der Waals surface area contributed by atoms with Crippen molar-refractivity contribution in [3.63, 3.8) is 0 Å². The van der Waals surface area contributed by atoms with Gasteiger partial charge in [0.1, 0.15) is 6.04 Å². The van der Waals surface area contributed by atoms with Crippen LogP contribution in [0.5, 0.6) is 0 Å². The van der Waals surface area contributed by atoms with Gasteiger partial charge < -0.3 is 4.90 Å². The molecule has 1 fully saturated rings. The summed E-state index contributed by atoms with van der Waals surface area (Å²) in [6, 6.07) is 4.57. The third kappa shape index (κ3) is 3.14. The molecule has 0 aromatic heterocycles. The lowest BCUT2D eigenvalue weighted by Gasteiger charge is -2.26. The molecule has 1 saturated heterocycles. The number of likely N-dealkylation sites (N-methyl/N-ethyl adjacent to an activating group) is 1. The Morgan fingerprint density at radius 2 is 2.05 bits per heavy atom. The van der Waals surface area contributed by atoms with Gasteiger partial charge in [-0.25, -0.2) is 8.42 Å². The Morgan fingerprint density at radius 1 is 1.38 bits per heavy atom. The van der Waals surface area contributed by atoms with Gasteiger partial charge in [0.05, 0.1) is 4.90 Å². The third-order valence-corrected chi connectivity index (χ3v) is 6.21. The highest BCUT2D eigenvalue weighted by Crippen LogP contribution is 2.30. The van der Waals surface area contributed by atoms with E-state index in [1.54, 1.807) is 39.2 Å². The van der Waals surface area contributed by atoms with Crippen LogP contribution in [0.1, 0.15) is 18.4 Å². The largest absolute Gasteiger partial charge is 0.347 e. The third-order valence-electron chi connectivity index (χ3n) is 3.67.